The third-order valence-corrected chi connectivity index (χ3v) is 2.63. The molecule has 0 saturated heterocycles. The number of hydrogen-bond acceptors (Lipinski definition) is 5. The highest BCUT2D eigenvalue weighted by molar-refractivity contribution is 5.61. The summed E-state index contributed by atoms with van der Waals surface area (Å²) in [6.45, 7) is 4.52. The molecule has 0 fully saturated rings. The van der Waals surface area contributed by atoms with Gasteiger partial charge in [0.05, 0.1) is 12.8 Å². The Labute approximate surface area is 117 Å². The Morgan fingerprint density at radius 1 is 1.20 bits per heavy atom. The molecule has 1 aromatic heterocycles. The van der Waals surface area contributed by atoms with Gasteiger partial charge >= 0.3 is 0 Å². The quantitative estimate of drug-likeness (QED) is 0.878. The molecular weight excluding hydrogens is 259 g/mol. The van der Waals surface area contributed by atoms with Crippen LogP contribution >= 0.6 is 0 Å². The van der Waals surface area contributed by atoms with Gasteiger partial charge in [0.1, 0.15) is 29.0 Å². The lowest BCUT2D eigenvalue weighted by Gasteiger charge is -2.11. The number of ether oxygens (including phenoxy) is 1. The van der Waals surface area contributed by atoms with E-state index in [4.69, 9.17) is 4.74 Å². The Hall–Kier alpha value is -2.37. The molecule has 0 bridgehead atoms. The lowest BCUT2D eigenvalue weighted by Crippen LogP contribution is -2.04. The molecule has 1 aromatic carbocycles. The van der Waals surface area contributed by atoms with E-state index in [1.807, 2.05) is 6.92 Å². The van der Waals surface area contributed by atoms with Gasteiger partial charge in [0, 0.05) is 18.7 Å². The number of methoxy groups -OCH3 is 1. The lowest BCUT2D eigenvalue weighted by molar-refractivity contribution is 0.414. The molecule has 1 heterocycles. The van der Waals surface area contributed by atoms with Crippen molar-refractivity contribution < 1.29 is 9.13 Å². The summed E-state index contributed by atoms with van der Waals surface area (Å²) in [4.78, 5) is 8.48. The van der Waals surface area contributed by atoms with Gasteiger partial charge in [0.2, 0.25) is 0 Å². The predicted octanol–water partition coefficient (Wildman–Crippen LogP) is 3.11. The first-order chi connectivity index (χ1) is 9.62. The minimum absolute atomic E-state index is 0.310. The lowest BCUT2D eigenvalue weighted by atomic mass is 10.3. The van der Waals surface area contributed by atoms with Crippen molar-refractivity contribution in [2.45, 2.75) is 13.8 Å². The van der Waals surface area contributed by atoms with Crippen LogP contribution in [-0.4, -0.2) is 23.6 Å². The fourth-order valence-electron chi connectivity index (χ4n) is 1.77. The second-order valence-electron chi connectivity index (χ2n) is 4.19. The zero-order chi connectivity index (χ0) is 14.5. The maximum Gasteiger partial charge on any atom is 0.146 e. The average molecular weight is 276 g/mol. The molecule has 6 heteroatoms. The fourth-order valence-corrected chi connectivity index (χ4v) is 1.77. The molecule has 0 aliphatic carbocycles. The number of halogens is 1. The van der Waals surface area contributed by atoms with Crippen LogP contribution in [0.3, 0.4) is 0 Å². The van der Waals surface area contributed by atoms with Crippen molar-refractivity contribution in [2.24, 2.45) is 0 Å². The molecule has 0 atom stereocenters. The van der Waals surface area contributed by atoms with E-state index < -0.39 is 0 Å². The van der Waals surface area contributed by atoms with Crippen LogP contribution in [0.4, 0.5) is 21.7 Å². The molecule has 0 radical (unpaired) electrons. The molecule has 0 amide bonds. The summed E-state index contributed by atoms with van der Waals surface area (Å²) in [5, 5.41) is 6.04. The van der Waals surface area contributed by atoms with Crippen molar-refractivity contribution in [1.82, 2.24) is 9.97 Å². The summed E-state index contributed by atoms with van der Waals surface area (Å²) in [6.07, 6.45) is 0. The zero-order valence-corrected chi connectivity index (χ0v) is 11.7. The van der Waals surface area contributed by atoms with Crippen LogP contribution in [0.5, 0.6) is 5.75 Å². The Bertz CT molecular complexity index is 604. The van der Waals surface area contributed by atoms with Gasteiger partial charge in [-0.1, -0.05) is 0 Å². The van der Waals surface area contributed by atoms with Crippen molar-refractivity contribution in [2.75, 3.05) is 24.3 Å². The van der Waals surface area contributed by atoms with E-state index in [0.29, 0.717) is 28.9 Å². The summed E-state index contributed by atoms with van der Waals surface area (Å²) in [6, 6.07) is 6.23. The number of nitrogens with one attached hydrogen (secondary N) is 2. The van der Waals surface area contributed by atoms with E-state index in [1.165, 1.54) is 13.2 Å². The highest BCUT2D eigenvalue weighted by Crippen LogP contribution is 2.24. The summed E-state index contributed by atoms with van der Waals surface area (Å²) in [7, 11) is 1.54. The Morgan fingerprint density at radius 3 is 2.65 bits per heavy atom. The maximum absolute atomic E-state index is 13.8. The second kappa shape index (κ2) is 6.18. The maximum atomic E-state index is 13.8. The number of anilines is 3. The number of aryl methyl sites for hydroxylation is 1. The molecule has 20 heavy (non-hydrogen) atoms. The Kier molecular flexibility index (Phi) is 4.34. The zero-order valence-electron chi connectivity index (χ0n) is 11.7. The largest absolute Gasteiger partial charge is 0.497 e. The molecule has 0 spiro atoms. The average Bonchev–Trinajstić information content (AvgIpc) is 2.41. The normalized spacial score (nSPS) is 10.2. The molecule has 5 nitrogen and oxygen atoms in total. The predicted molar refractivity (Wildman–Crippen MR) is 77.2 cm³/mol. The number of aromatic nitrogens is 2. The van der Waals surface area contributed by atoms with Crippen molar-refractivity contribution in [3.63, 3.8) is 0 Å². The Balaban J connectivity index is 2.29. The van der Waals surface area contributed by atoms with Gasteiger partial charge in [0.25, 0.3) is 0 Å². The van der Waals surface area contributed by atoms with Crippen LogP contribution in [0.15, 0.2) is 24.3 Å². The fraction of sp³-hybridized carbons (Fsp3) is 0.286. The SMILES string of the molecule is CCNc1cc(Nc2cc(OC)ccc2F)nc(C)n1. The Morgan fingerprint density at radius 2 is 1.95 bits per heavy atom. The molecule has 2 aromatic rings. The molecule has 106 valence electrons. The first-order valence-electron chi connectivity index (χ1n) is 6.32. The standard InChI is InChI=1S/C14H17FN4O/c1-4-16-13-8-14(18-9(2)17-13)19-12-7-10(20-3)5-6-11(12)15/h5-8H,4H2,1-3H3,(H2,16,17,18,19). The third-order valence-electron chi connectivity index (χ3n) is 2.63. The van der Waals surface area contributed by atoms with Crippen LogP contribution in [0.25, 0.3) is 0 Å². The molecule has 0 aliphatic heterocycles. The summed E-state index contributed by atoms with van der Waals surface area (Å²) < 4.78 is 18.8. The van der Waals surface area contributed by atoms with Gasteiger partial charge in [-0.2, -0.15) is 0 Å². The highest BCUT2D eigenvalue weighted by Gasteiger charge is 2.07. The molecule has 0 saturated carbocycles. The van der Waals surface area contributed by atoms with E-state index in [-0.39, 0.29) is 5.82 Å². The van der Waals surface area contributed by atoms with Crippen LogP contribution < -0.4 is 15.4 Å². The van der Waals surface area contributed by atoms with Gasteiger partial charge in [-0.3, -0.25) is 0 Å². The third kappa shape index (κ3) is 3.34. The highest BCUT2D eigenvalue weighted by atomic mass is 19.1. The van der Waals surface area contributed by atoms with E-state index in [0.717, 1.165) is 6.54 Å². The van der Waals surface area contributed by atoms with Gasteiger partial charge in [-0.15, -0.1) is 0 Å². The summed E-state index contributed by atoms with van der Waals surface area (Å²) in [5.41, 5.74) is 0.310. The monoisotopic (exact) mass is 276 g/mol. The van der Waals surface area contributed by atoms with Crippen LogP contribution in [0.1, 0.15) is 12.7 Å². The van der Waals surface area contributed by atoms with Gasteiger partial charge in [-0.25, -0.2) is 14.4 Å². The van der Waals surface area contributed by atoms with Gasteiger partial charge < -0.3 is 15.4 Å². The molecule has 2 rings (SSSR count). The smallest absolute Gasteiger partial charge is 0.146 e. The van der Waals surface area contributed by atoms with Gasteiger partial charge in [-0.05, 0) is 26.0 Å². The van der Waals surface area contributed by atoms with E-state index in [2.05, 4.69) is 20.6 Å². The molecule has 2 N–H and O–H groups in total. The second-order valence-corrected chi connectivity index (χ2v) is 4.19. The van der Waals surface area contributed by atoms with Crippen molar-refractivity contribution in [3.8, 4) is 5.75 Å². The summed E-state index contributed by atoms with van der Waals surface area (Å²) >= 11 is 0. The van der Waals surface area contributed by atoms with Crippen LogP contribution in [-0.2, 0) is 0 Å². The molecule has 0 unspecified atom stereocenters. The van der Waals surface area contributed by atoms with E-state index >= 15 is 0 Å². The van der Waals surface area contributed by atoms with Crippen molar-refractivity contribution in [1.29, 1.82) is 0 Å². The molecular formula is C14H17FN4O. The topological polar surface area (TPSA) is 59.1 Å². The van der Waals surface area contributed by atoms with Gasteiger partial charge in [0.15, 0.2) is 0 Å². The van der Waals surface area contributed by atoms with Crippen molar-refractivity contribution >= 4 is 17.3 Å². The minimum Gasteiger partial charge on any atom is -0.497 e. The van der Waals surface area contributed by atoms with Crippen molar-refractivity contribution in [3.05, 3.63) is 35.9 Å². The number of nitrogens with zero attached hydrogens (tertiary/aromatic N) is 2. The summed E-state index contributed by atoms with van der Waals surface area (Å²) in [5.74, 6) is 2.04. The van der Waals surface area contributed by atoms with E-state index in [1.54, 1.807) is 25.1 Å². The molecule has 0 aliphatic rings. The number of benzene rings is 1. The van der Waals surface area contributed by atoms with E-state index in [9.17, 15) is 4.39 Å². The first kappa shape index (κ1) is 14.0. The minimum atomic E-state index is -0.368. The van der Waals surface area contributed by atoms with Crippen LogP contribution in [0.2, 0.25) is 0 Å². The number of rotatable bonds is 5. The first-order valence-corrected chi connectivity index (χ1v) is 6.32. The van der Waals surface area contributed by atoms with Crippen LogP contribution in [0, 0.1) is 12.7 Å². The number of hydrogen-bond donors (Lipinski definition) is 2.